The van der Waals surface area contributed by atoms with Crippen molar-refractivity contribution in [3.05, 3.63) is 64.5 Å². The third-order valence-electron chi connectivity index (χ3n) is 5.71. The molecular weight excluding hydrogens is 373 g/mol. The van der Waals surface area contributed by atoms with Crippen LogP contribution in [0.4, 0.5) is 4.39 Å². The molecule has 1 N–H and O–H groups in total. The summed E-state index contributed by atoms with van der Waals surface area (Å²) in [5.41, 5.74) is 2.00. The number of rotatable bonds is 4. The zero-order chi connectivity index (χ0) is 19.7. The van der Waals surface area contributed by atoms with Gasteiger partial charge in [0, 0.05) is 47.7 Å². The Morgan fingerprint density at radius 3 is 2.64 bits per heavy atom. The lowest BCUT2D eigenvalue weighted by Crippen LogP contribution is -2.45. The van der Waals surface area contributed by atoms with E-state index in [9.17, 15) is 9.18 Å². The van der Waals surface area contributed by atoms with Gasteiger partial charge in [-0.05, 0) is 62.1 Å². The summed E-state index contributed by atoms with van der Waals surface area (Å²) in [5, 5.41) is 3.74. The van der Waals surface area contributed by atoms with Crippen molar-refractivity contribution in [2.24, 2.45) is 0 Å². The molecule has 0 aliphatic carbocycles. The number of nitrogens with zero attached hydrogens (tertiary/aromatic N) is 2. The smallest absolute Gasteiger partial charge is 0.261 e. The molecule has 4 nitrogen and oxygen atoms in total. The van der Waals surface area contributed by atoms with Crippen molar-refractivity contribution in [2.45, 2.75) is 38.8 Å². The maximum atomic E-state index is 14.1. The fraction of sp³-hybridized carbons (Fsp3) is 0.364. The molecule has 0 spiro atoms. The summed E-state index contributed by atoms with van der Waals surface area (Å²) in [5.74, 6) is -0.345. The Bertz CT molecular complexity index is 980. The molecule has 1 aromatic carbocycles. The monoisotopic (exact) mass is 397 g/mol. The van der Waals surface area contributed by atoms with E-state index in [4.69, 9.17) is 0 Å². The van der Waals surface area contributed by atoms with Gasteiger partial charge in [-0.25, -0.2) is 4.39 Å². The molecule has 1 atom stereocenters. The number of halogens is 1. The molecule has 0 saturated carbocycles. The lowest BCUT2D eigenvalue weighted by Gasteiger charge is -2.36. The molecule has 1 amide bonds. The van der Waals surface area contributed by atoms with Crippen LogP contribution in [-0.2, 0) is 0 Å². The van der Waals surface area contributed by atoms with Crippen molar-refractivity contribution in [2.75, 3.05) is 13.1 Å². The number of likely N-dealkylation sites (tertiary alicyclic amines) is 1. The summed E-state index contributed by atoms with van der Waals surface area (Å²) < 4.78 is 14.9. The molecular formula is C22H24FN3OS. The number of aromatic nitrogens is 1. The van der Waals surface area contributed by atoms with Crippen molar-refractivity contribution >= 4 is 27.3 Å². The number of aryl methyl sites for hydroxylation is 1. The topological polar surface area (TPSA) is 45.2 Å². The first-order valence-electron chi connectivity index (χ1n) is 9.67. The van der Waals surface area contributed by atoms with Gasteiger partial charge in [-0.15, -0.1) is 11.3 Å². The fourth-order valence-electron chi connectivity index (χ4n) is 4.00. The third kappa shape index (κ3) is 3.66. The fourth-order valence-corrected chi connectivity index (χ4v) is 5.13. The molecule has 4 rings (SSSR count). The quantitative estimate of drug-likeness (QED) is 0.694. The molecule has 146 valence electrons. The van der Waals surface area contributed by atoms with Crippen molar-refractivity contribution in [1.82, 2.24) is 15.2 Å². The first-order chi connectivity index (χ1) is 13.5. The summed E-state index contributed by atoms with van der Waals surface area (Å²) >= 11 is 1.37. The van der Waals surface area contributed by atoms with Crippen LogP contribution in [0.5, 0.6) is 0 Å². The molecule has 1 saturated heterocycles. The van der Waals surface area contributed by atoms with Crippen molar-refractivity contribution in [3.8, 4) is 0 Å². The zero-order valence-corrected chi connectivity index (χ0v) is 16.9. The molecule has 0 radical (unpaired) electrons. The Morgan fingerprint density at radius 2 is 1.96 bits per heavy atom. The van der Waals surface area contributed by atoms with E-state index in [1.165, 1.54) is 23.0 Å². The second kappa shape index (κ2) is 7.97. The molecule has 1 aliphatic rings. The van der Waals surface area contributed by atoms with E-state index in [0.717, 1.165) is 36.2 Å². The molecule has 6 heteroatoms. The molecule has 1 aliphatic heterocycles. The highest BCUT2D eigenvalue weighted by atomic mass is 32.1. The van der Waals surface area contributed by atoms with Gasteiger partial charge >= 0.3 is 0 Å². The standard InChI is InChI=1S/C22H24FN3OS/c1-14-20-18(23)4-3-5-19(20)28-21(14)22(27)25-17-8-12-26(13-9-17)15(2)16-6-10-24-11-7-16/h3-7,10-11,15,17H,8-9,12-13H2,1-2H3,(H,25,27)/t15-/m1/s1. The molecule has 0 unspecified atom stereocenters. The Labute approximate surface area is 168 Å². The normalized spacial score (nSPS) is 17.0. The SMILES string of the molecule is Cc1c(C(=O)NC2CCN([C@H](C)c3ccncc3)CC2)sc2cccc(F)c12. The van der Waals surface area contributed by atoms with Crippen LogP contribution in [0.15, 0.2) is 42.7 Å². The Morgan fingerprint density at radius 1 is 1.25 bits per heavy atom. The van der Waals surface area contributed by atoms with E-state index in [2.05, 4.69) is 34.3 Å². The first-order valence-corrected chi connectivity index (χ1v) is 10.5. The highest BCUT2D eigenvalue weighted by Crippen LogP contribution is 2.33. The van der Waals surface area contributed by atoms with Crippen LogP contribution < -0.4 is 5.32 Å². The average molecular weight is 398 g/mol. The average Bonchev–Trinajstić information content (AvgIpc) is 3.07. The van der Waals surface area contributed by atoms with Gasteiger partial charge < -0.3 is 5.32 Å². The first kappa shape index (κ1) is 19.0. The Kier molecular flexibility index (Phi) is 5.42. The van der Waals surface area contributed by atoms with Gasteiger partial charge in [0.2, 0.25) is 0 Å². The van der Waals surface area contributed by atoms with Crippen LogP contribution in [0, 0.1) is 12.7 Å². The second-order valence-corrected chi connectivity index (χ2v) is 8.46. The number of benzene rings is 1. The van der Waals surface area contributed by atoms with Gasteiger partial charge in [0.1, 0.15) is 5.82 Å². The minimum atomic E-state index is -0.260. The summed E-state index contributed by atoms with van der Waals surface area (Å²) in [6.45, 7) is 5.92. The predicted octanol–water partition coefficient (Wildman–Crippen LogP) is 4.70. The molecule has 0 bridgehead atoms. The number of carbonyl (C=O) groups is 1. The zero-order valence-electron chi connectivity index (χ0n) is 16.1. The Hall–Kier alpha value is -2.31. The number of amides is 1. The number of hydrogen-bond donors (Lipinski definition) is 1. The van der Waals surface area contributed by atoms with Crippen LogP contribution in [0.25, 0.3) is 10.1 Å². The van der Waals surface area contributed by atoms with Crippen LogP contribution in [-0.4, -0.2) is 34.9 Å². The van der Waals surface area contributed by atoms with E-state index >= 15 is 0 Å². The van der Waals surface area contributed by atoms with Gasteiger partial charge in [0.05, 0.1) is 4.88 Å². The highest BCUT2D eigenvalue weighted by molar-refractivity contribution is 7.21. The molecule has 28 heavy (non-hydrogen) atoms. The van der Waals surface area contributed by atoms with E-state index < -0.39 is 0 Å². The van der Waals surface area contributed by atoms with Crippen molar-refractivity contribution in [1.29, 1.82) is 0 Å². The van der Waals surface area contributed by atoms with E-state index in [0.29, 0.717) is 16.3 Å². The lowest BCUT2D eigenvalue weighted by molar-refractivity contribution is 0.0899. The van der Waals surface area contributed by atoms with E-state index in [1.807, 2.05) is 25.4 Å². The molecule has 3 heterocycles. The highest BCUT2D eigenvalue weighted by Gasteiger charge is 2.26. The number of piperidine rings is 1. The summed E-state index contributed by atoms with van der Waals surface area (Å²) in [4.78, 5) is 20.0. The largest absolute Gasteiger partial charge is 0.349 e. The van der Waals surface area contributed by atoms with Crippen molar-refractivity contribution < 1.29 is 9.18 Å². The van der Waals surface area contributed by atoms with Crippen LogP contribution in [0.2, 0.25) is 0 Å². The number of pyridine rings is 1. The number of fused-ring (bicyclic) bond motifs is 1. The van der Waals surface area contributed by atoms with Gasteiger partial charge in [-0.2, -0.15) is 0 Å². The van der Waals surface area contributed by atoms with Gasteiger partial charge in [0.25, 0.3) is 5.91 Å². The van der Waals surface area contributed by atoms with Gasteiger partial charge in [-0.1, -0.05) is 6.07 Å². The van der Waals surface area contributed by atoms with E-state index in [-0.39, 0.29) is 17.8 Å². The maximum absolute atomic E-state index is 14.1. The molecule has 2 aromatic heterocycles. The van der Waals surface area contributed by atoms with Gasteiger partial charge in [0.15, 0.2) is 0 Å². The number of carbonyl (C=O) groups excluding carboxylic acids is 1. The minimum Gasteiger partial charge on any atom is -0.349 e. The number of hydrogen-bond acceptors (Lipinski definition) is 4. The maximum Gasteiger partial charge on any atom is 0.261 e. The molecule has 3 aromatic rings. The second-order valence-electron chi connectivity index (χ2n) is 7.41. The summed E-state index contributed by atoms with van der Waals surface area (Å²) in [6, 6.07) is 9.61. The van der Waals surface area contributed by atoms with Crippen molar-refractivity contribution in [3.63, 3.8) is 0 Å². The third-order valence-corrected chi connectivity index (χ3v) is 6.97. The van der Waals surface area contributed by atoms with E-state index in [1.54, 1.807) is 6.07 Å². The summed E-state index contributed by atoms with van der Waals surface area (Å²) in [7, 11) is 0. The van der Waals surface area contributed by atoms with Gasteiger partial charge in [-0.3, -0.25) is 14.7 Å². The van der Waals surface area contributed by atoms with Crippen LogP contribution >= 0.6 is 11.3 Å². The number of nitrogens with one attached hydrogen (secondary N) is 1. The van der Waals surface area contributed by atoms with Crippen LogP contribution in [0.1, 0.15) is 46.6 Å². The number of thiophene rings is 1. The summed E-state index contributed by atoms with van der Waals surface area (Å²) in [6.07, 6.45) is 5.49. The van der Waals surface area contributed by atoms with Crippen LogP contribution in [0.3, 0.4) is 0 Å². The predicted molar refractivity (Wildman–Crippen MR) is 111 cm³/mol. The Balaban J connectivity index is 1.39. The lowest BCUT2D eigenvalue weighted by atomic mass is 10.0. The minimum absolute atomic E-state index is 0.0845. The molecule has 1 fully saturated rings.